The Morgan fingerprint density at radius 2 is 1.48 bits per heavy atom. The van der Waals surface area contributed by atoms with Crippen molar-refractivity contribution in [3.05, 3.63) is 0 Å². The minimum Gasteiger partial charge on any atom is -0.393 e. The third kappa shape index (κ3) is 2.64. The first-order valence-electron chi connectivity index (χ1n) is 14.3. The topological polar surface area (TPSA) is 49.7 Å². The third-order valence-electron chi connectivity index (χ3n) is 13.7. The number of fused-ring (bicyclic) bond motifs is 4. The lowest BCUT2D eigenvalue weighted by Gasteiger charge is -2.63. The van der Waals surface area contributed by atoms with Crippen LogP contribution in [0.1, 0.15) is 113 Å². The molecule has 1 saturated heterocycles. The summed E-state index contributed by atoms with van der Waals surface area (Å²) in [5.41, 5.74) is 0.971. The Hall–Kier alpha value is -0.120. The normalized spacial score (nSPS) is 59.4. The van der Waals surface area contributed by atoms with Crippen molar-refractivity contribution >= 4 is 0 Å². The zero-order chi connectivity index (χ0) is 23.8. The van der Waals surface area contributed by atoms with Crippen molar-refractivity contribution in [2.24, 2.45) is 50.7 Å². The van der Waals surface area contributed by atoms with E-state index in [0.29, 0.717) is 45.5 Å². The second-order valence-corrected chi connectivity index (χ2v) is 15.5. The van der Waals surface area contributed by atoms with Gasteiger partial charge in [0.2, 0.25) is 0 Å². The largest absolute Gasteiger partial charge is 0.393 e. The number of ether oxygens (including phenoxy) is 1. The van der Waals surface area contributed by atoms with Gasteiger partial charge in [0.25, 0.3) is 0 Å². The molecule has 6 rings (SSSR count). The van der Waals surface area contributed by atoms with E-state index in [4.69, 9.17) is 4.74 Å². The summed E-state index contributed by atoms with van der Waals surface area (Å²) in [7, 11) is 0. The Labute approximate surface area is 202 Å². The summed E-state index contributed by atoms with van der Waals surface area (Å²) in [5.74, 6) is 2.77. The van der Waals surface area contributed by atoms with Crippen LogP contribution in [0.2, 0.25) is 0 Å². The van der Waals surface area contributed by atoms with Crippen LogP contribution < -0.4 is 0 Å². The van der Waals surface area contributed by atoms with E-state index < -0.39 is 5.60 Å². The maximum atomic E-state index is 10.9. The van der Waals surface area contributed by atoms with E-state index in [2.05, 4.69) is 34.6 Å². The van der Waals surface area contributed by atoms with E-state index in [-0.39, 0.29) is 17.6 Å². The molecule has 5 aliphatic carbocycles. The van der Waals surface area contributed by atoms with Gasteiger partial charge in [-0.2, -0.15) is 0 Å². The minimum absolute atomic E-state index is 0.0418. The molecule has 11 atom stereocenters. The van der Waals surface area contributed by atoms with E-state index in [0.717, 1.165) is 18.8 Å². The lowest BCUT2D eigenvalue weighted by atomic mass is 9.41. The molecule has 188 valence electrons. The van der Waals surface area contributed by atoms with Crippen molar-refractivity contribution in [1.82, 2.24) is 0 Å². The zero-order valence-electron chi connectivity index (χ0n) is 22.4. The molecule has 3 heteroatoms. The van der Waals surface area contributed by atoms with E-state index in [1.807, 2.05) is 13.8 Å². The molecule has 0 radical (unpaired) electrons. The monoisotopic (exact) mass is 458 g/mol. The van der Waals surface area contributed by atoms with Gasteiger partial charge in [-0.15, -0.1) is 0 Å². The molecule has 1 heterocycles. The van der Waals surface area contributed by atoms with Gasteiger partial charge in [-0.25, -0.2) is 0 Å². The first-order chi connectivity index (χ1) is 15.2. The number of aliphatic hydroxyl groups is 2. The minimum atomic E-state index is -0.765. The quantitative estimate of drug-likeness (QED) is 0.481. The smallest absolute Gasteiger partial charge is 0.0860 e. The van der Waals surface area contributed by atoms with Crippen LogP contribution in [0.4, 0.5) is 0 Å². The van der Waals surface area contributed by atoms with Crippen LogP contribution >= 0.6 is 0 Å². The highest BCUT2D eigenvalue weighted by Gasteiger charge is 2.83. The predicted octanol–water partition coefficient (Wildman–Crippen LogP) is 6.35. The average Bonchev–Trinajstić information content (AvgIpc) is 3.35. The summed E-state index contributed by atoms with van der Waals surface area (Å²) < 4.78 is 6.89. The average molecular weight is 459 g/mol. The first kappa shape index (κ1) is 23.3. The van der Waals surface area contributed by atoms with Gasteiger partial charge >= 0.3 is 0 Å². The predicted molar refractivity (Wildman–Crippen MR) is 132 cm³/mol. The van der Waals surface area contributed by atoms with Crippen molar-refractivity contribution in [2.45, 2.75) is 137 Å². The molecule has 6 fully saturated rings. The first-order valence-corrected chi connectivity index (χ1v) is 14.3. The van der Waals surface area contributed by atoms with Crippen molar-refractivity contribution in [3.63, 3.8) is 0 Å². The van der Waals surface area contributed by atoms with E-state index in [1.54, 1.807) is 0 Å². The molecule has 1 aliphatic heterocycles. The SMILES string of the molecule is C[C@@H]1CC[C@H](C(C)(C)O)OC2C[C@@]3(C)C4CCC5C(C)(C)C(O)CC[C@@]56C[C@@]46CC[C@]3(C)C21. The van der Waals surface area contributed by atoms with Gasteiger partial charge in [-0.1, -0.05) is 34.6 Å². The summed E-state index contributed by atoms with van der Waals surface area (Å²) in [4.78, 5) is 0. The fraction of sp³-hybridized carbons (Fsp3) is 1.00. The Balaban J connectivity index is 1.36. The van der Waals surface area contributed by atoms with Gasteiger partial charge in [0, 0.05) is 0 Å². The summed E-state index contributed by atoms with van der Waals surface area (Å²) in [5, 5.41) is 21.7. The van der Waals surface area contributed by atoms with Crippen LogP contribution in [-0.4, -0.2) is 34.1 Å². The second kappa shape index (κ2) is 6.60. The second-order valence-electron chi connectivity index (χ2n) is 15.5. The molecule has 2 N–H and O–H groups in total. The number of hydrogen-bond acceptors (Lipinski definition) is 3. The van der Waals surface area contributed by atoms with Gasteiger partial charge in [0.05, 0.1) is 23.9 Å². The third-order valence-corrected chi connectivity index (χ3v) is 13.7. The molecular weight excluding hydrogens is 408 g/mol. The molecule has 5 unspecified atom stereocenters. The molecule has 3 nitrogen and oxygen atoms in total. The van der Waals surface area contributed by atoms with Gasteiger partial charge < -0.3 is 14.9 Å². The molecule has 33 heavy (non-hydrogen) atoms. The van der Waals surface area contributed by atoms with Crippen LogP contribution in [0.25, 0.3) is 0 Å². The zero-order valence-corrected chi connectivity index (χ0v) is 22.4. The lowest BCUT2D eigenvalue weighted by Crippen LogP contribution is -2.57. The number of hydrogen-bond donors (Lipinski definition) is 2. The Bertz CT molecular complexity index is 829. The fourth-order valence-corrected chi connectivity index (χ4v) is 11.9. The maximum absolute atomic E-state index is 10.9. The lowest BCUT2D eigenvalue weighted by molar-refractivity contribution is -0.161. The molecule has 5 saturated carbocycles. The summed E-state index contributed by atoms with van der Waals surface area (Å²) in [6.07, 6.45) is 12.6. The van der Waals surface area contributed by atoms with Gasteiger partial charge in [-0.3, -0.25) is 0 Å². The van der Waals surface area contributed by atoms with E-state index in [1.165, 1.54) is 51.4 Å². The van der Waals surface area contributed by atoms with Crippen molar-refractivity contribution < 1.29 is 14.9 Å². The molecule has 0 aromatic rings. The highest BCUT2D eigenvalue weighted by molar-refractivity contribution is 5.31. The van der Waals surface area contributed by atoms with Gasteiger partial charge in [0.1, 0.15) is 0 Å². The van der Waals surface area contributed by atoms with Crippen molar-refractivity contribution in [3.8, 4) is 0 Å². The summed E-state index contributed by atoms with van der Waals surface area (Å²) >= 11 is 0. The van der Waals surface area contributed by atoms with Crippen molar-refractivity contribution in [1.29, 1.82) is 0 Å². The Morgan fingerprint density at radius 1 is 0.818 bits per heavy atom. The highest BCUT2D eigenvalue weighted by Crippen LogP contribution is 2.89. The highest BCUT2D eigenvalue weighted by atomic mass is 16.5. The van der Waals surface area contributed by atoms with E-state index >= 15 is 0 Å². The Morgan fingerprint density at radius 3 is 2.18 bits per heavy atom. The van der Waals surface area contributed by atoms with Crippen LogP contribution in [0.3, 0.4) is 0 Å². The molecule has 0 bridgehead atoms. The Kier molecular flexibility index (Phi) is 4.66. The standard InChI is InChI=1S/C30H50O3/c1-18-8-11-23(26(4,5)32)33-19-16-28(7)21-10-9-20-25(2,3)22(31)12-13-29(20)17-30(21,29)15-14-27(28,6)24(18)19/h18-24,31-32H,8-17H2,1-7H3/t18-,19?,20?,21?,22?,23-,24?,27-,28+,29-,30+/m1/s1. The number of rotatable bonds is 1. The van der Waals surface area contributed by atoms with E-state index in [9.17, 15) is 10.2 Å². The molecule has 0 amide bonds. The summed E-state index contributed by atoms with van der Waals surface area (Å²) in [6.45, 7) is 16.4. The van der Waals surface area contributed by atoms with Crippen molar-refractivity contribution in [2.75, 3.05) is 0 Å². The van der Waals surface area contributed by atoms with Crippen LogP contribution in [0.5, 0.6) is 0 Å². The van der Waals surface area contributed by atoms with Crippen LogP contribution in [0, 0.1) is 50.7 Å². The van der Waals surface area contributed by atoms with Crippen LogP contribution in [-0.2, 0) is 4.74 Å². The summed E-state index contributed by atoms with van der Waals surface area (Å²) in [6, 6.07) is 0. The molecule has 2 spiro atoms. The van der Waals surface area contributed by atoms with Crippen LogP contribution in [0.15, 0.2) is 0 Å². The molecule has 0 aromatic carbocycles. The van der Waals surface area contributed by atoms with Gasteiger partial charge in [-0.05, 0) is 129 Å². The molecule has 6 aliphatic rings. The fourth-order valence-electron chi connectivity index (χ4n) is 11.9. The maximum Gasteiger partial charge on any atom is 0.0860 e. The van der Waals surface area contributed by atoms with Gasteiger partial charge in [0.15, 0.2) is 0 Å². The molecular formula is C30H50O3. The number of aliphatic hydroxyl groups excluding tert-OH is 1. The molecule has 0 aromatic heterocycles.